The number of benzene rings is 3. The first-order valence-electron chi connectivity index (χ1n) is 12.6. The summed E-state index contributed by atoms with van der Waals surface area (Å²) >= 11 is 0. The molecule has 1 saturated heterocycles. The third-order valence-electron chi connectivity index (χ3n) is 6.53. The van der Waals surface area contributed by atoms with E-state index >= 15 is 0 Å². The number of carboxylic acid groups (broad SMARTS) is 2. The van der Waals surface area contributed by atoms with E-state index in [2.05, 4.69) is 9.97 Å². The van der Waals surface area contributed by atoms with Gasteiger partial charge in [-0.15, -0.1) is 0 Å². The molecule has 5 rings (SSSR count). The van der Waals surface area contributed by atoms with Gasteiger partial charge in [0.1, 0.15) is 11.3 Å². The maximum Gasteiger partial charge on any atom is 0.490 e. The molecule has 0 spiro atoms. The average Bonchev–Trinajstić information content (AvgIpc) is 3.27. The number of aliphatic carboxylic acids is 1. The molecule has 1 aromatic heterocycles. The van der Waals surface area contributed by atoms with E-state index in [9.17, 15) is 31.9 Å². The fourth-order valence-electron chi connectivity index (χ4n) is 4.71. The standard InChI is InChI=1S/C27H25F2N3O2.C2HF3O2/c1-17-30-24-14-22(13-23(26(33)34)25(24)31-17)20-8-6-19(7-9-20)21-5-2-4-18(12-21)15-32-11-3-10-27(28,29)16-32;3-2(4,5)1(6)7/h2,4-9,12-14H,3,10-11,15-16H2,1H3,(H,30,31)(H,33,34);(H,6,7). The van der Waals surface area contributed by atoms with Crippen molar-refractivity contribution in [1.29, 1.82) is 0 Å². The summed E-state index contributed by atoms with van der Waals surface area (Å²) in [4.78, 5) is 29.9. The Morgan fingerprint density at radius 3 is 2.20 bits per heavy atom. The predicted molar refractivity (Wildman–Crippen MR) is 142 cm³/mol. The van der Waals surface area contributed by atoms with Crippen molar-refractivity contribution >= 4 is 23.0 Å². The van der Waals surface area contributed by atoms with E-state index in [1.54, 1.807) is 13.0 Å². The molecular weight excluding hydrogens is 549 g/mol. The van der Waals surface area contributed by atoms with Gasteiger partial charge in [0.15, 0.2) is 0 Å². The van der Waals surface area contributed by atoms with Crippen LogP contribution in [0.25, 0.3) is 33.3 Å². The molecule has 3 N–H and O–H groups in total. The second-order valence-electron chi connectivity index (χ2n) is 9.80. The van der Waals surface area contributed by atoms with Gasteiger partial charge in [-0.25, -0.2) is 23.4 Å². The van der Waals surface area contributed by atoms with Gasteiger partial charge in [-0.05, 0) is 65.9 Å². The number of carbonyl (C=O) groups is 2. The van der Waals surface area contributed by atoms with Crippen LogP contribution in [0, 0.1) is 6.92 Å². The highest BCUT2D eigenvalue weighted by atomic mass is 19.4. The summed E-state index contributed by atoms with van der Waals surface area (Å²) in [6.45, 7) is 2.80. The molecule has 0 aliphatic carbocycles. The molecule has 3 aromatic carbocycles. The summed E-state index contributed by atoms with van der Waals surface area (Å²) in [7, 11) is 0. The van der Waals surface area contributed by atoms with Crippen LogP contribution in [0.15, 0.2) is 60.7 Å². The SMILES string of the molecule is Cc1nc2c(C(=O)O)cc(-c3ccc(-c4cccc(CN5CCCC(F)(F)C5)c4)cc3)cc2[nH]1.O=C(O)C(F)(F)F. The summed E-state index contributed by atoms with van der Waals surface area (Å²) < 4.78 is 59.2. The number of carboxylic acids is 2. The molecule has 1 aliphatic heterocycles. The molecule has 216 valence electrons. The van der Waals surface area contributed by atoms with Gasteiger partial charge >= 0.3 is 18.1 Å². The van der Waals surface area contributed by atoms with Crippen molar-refractivity contribution in [2.24, 2.45) is 0 Å². The molecular formula is C29H26F5N3O4. The number of aromatic carboxylic acids is 1. The highest BCUT2D eigenvalue weighted by Crippen LogP contribution is 2.31. The molecule has 0 radical (unpaired) electrons. The lowest BCUT2D eigenvalue weighted by molar-refractivity contribution is -0.192. The second-order valence-corrected chi connectivity index (χ2v) is 9.80. The molecule has 0 saturated carbocycles. The van der Waals surface area contributed by atoms with Gasteiger partial charge < -0.3 is 15.2 Å². The van der Waals surface area contributed by atoms with E-state index in [4.69, 9.17) is 9.90 Å². The van der Waals surface area contributed by atoms with Crippen molar-refractivity contribution in [2.45, 2.75) is 38.4 Å². The smallest absolute Gasteiger partial charge is 0.478 e. The summed E-state index contributed by atoms with van der Waals surface area (Å²) in [6, 6.07) is 19.4. The minimum absolute atomic E-state index is 0.0310. The Kier molecular flexibility index (Phi) is 8.43. The van der Waals surface area contributed by atoms with Gasteiger partial charge in [0, 0.05) is 13.0 Å². The number of fused-ring (bicyclic) bond motifs is 1. The Hall–Kier alpha value is -4.32. The number of nitrogens with zero attached hydrogens (tertiary/aromatic N) is 2. The van der Waals surface area contributed by atoms with Crippen LogP contribution in [0.4, 0.5) is 22.0 Å². The molecule has 0 unspecified atom stereocenters. The number of imidazole rings is 1. The van der Waals surface area contributed by atoms with Crippen molar-refractivity contribution in [3.63, 3.8) is 0 Å². The summed E-state index contributed by atoms with van der Waals surface area (Å²) in [5.41, 5.74) is 6.01. The Balaban J connectivity index is 0.000000493. The molecule has 0 atom stereocenters. The molecule has 1 fully saturated rings. The van der Waals surface area contributed by atoms with Crippen molar-refractivity contribution in [3.8, 4) is 22.3 Å². The third-order valence-corrected chi connectivity index (χ3v) is 6.53. The first kappa shape index (κ1) is 29.7. The summed E-state index contributed by atoms with van der Waals surface area (Å²) in [6.07, 6.45) is -4.60. The summed E-state index contributed by atoms with van der Waals surface area (Å²) in [5.74, 6) is -5.71. The zero-order chi connectivity index (χ0) is 29.9. The van der Waals surface area contributed by atoms with Gasteiger partial charge in [0.25, 0.3) is 5.92 Å². The number of aryl methyl sites for hydroxylation is 1. The van der Waals surface area contributed by atoms with Crippen molar-refractivity contribution in [2.75, 3.05) is 13.1 Å². The molecule has 4 aromatic rings. The Morgan fingerprint density at radius 2 is 1.61 bits per heavy atom. The maximum absolute atomic E-state index is 13.8. The highest BCUT2D eigenvalue weighted by molar-refractivity contribution is 6.03. The van der Waals surface area contributed by atoms with Crippen molar-refractivity contribution in [1.82, 2.24) is 14.9 Å². The monoisotopic (exact) mass is 575 g/mol. The number of aromatic nitrogens is 2. The lowest BCUT2D eigenvalue weighted by atomic mass is 9.97. The number of alkyl halides is 5. The van der Waals surface area contributed by atoms with Crippen LogP contribution < -0.4 is 0 Å². The van der Waals surface area contributed by atoms with E-state index < -0.39 is 24.0 Å². The van der Waals surface area contributed by atoms with Crippen LogP contribution >= 0.6 is 0 Å². The van der Waals surface area contributed by atoms with Crippen LogP contribution in [0.2, 0.25) is 0 Å². The maximum atomic E-state index is 13.8. The lowest BCUT2D eigenvalue weighted by Crippen LogP contribution is -2.41. The van der Waals surface area contributed by atoms with Crippen LogP contribution in [0.1, 0.15) is 34.6 Å². The topological polar surface area (TPSA) is 107 Å². The number of nitrogens with one attached hydrogen (secondary N) is 1. The quantitative estimate of drug-likeness (QED) is 0.227. The first-order valence-corrected chi connectivity index (χ1v) is 12.6. The summed E-state index contributed by atoms with van der Waals surface area (Å²) in [5, 5.41) is 16.8. The average molecular weight is 576 g/mol. The van der Waals surface area contributed by atoms with Gasteiger partial charge in [-0.2, -0.15) is 13.2 Å². The number of hydrogen-bond acceptors (Lipinski definition) is 4. The molecule has 7 nitrogen and oxygen atoms in total. The third kappa shape index (κ3) is 7.46. The number of piperidine rings is 1. The van der Waals surface area contributed by atoms with E-state index in [0.717, 1.165) is 27.8 Å². The van der Waals surface area contributed by atoms with E-state index in [1.807, 2.05) is 59.5 Å². The fraction of sp³-hybridized carbons (Fsp3) is 0.276. The Bertz CT molecular complexity index is 1570. The Labute approximate surface area is 231 Å². The molecule has 0 bridgehead atoms. The minimum Gasteiger partial charge on any atom is -0.478 e. The van der Waals surface area contributed by atoms with E-state index in [1.165, 1.54) is 0 Å². The van der Waals surface area contributed by atoms with Crippen molar-refractivity contribution in [3.05, 3.63) is 77.6 Å². The normalized spacial score (nSPS) is 15.3. The van der Waals surface area contributed by atoms with E-state index in [0.29, 0.717) is 36.4 Å². The largest absolute Gasteiger partial charge is 0.490 e. The fourth-order valence-corrected chi connectivity index (χ4v) is 4.71. The van der Waals surface area contributed by atoms with Gasteiger partial charge in [0.2, 0.25) is 0 Å². The number of rotatable bonds is 5. The van der Waals surface area contributed by atoms with Crippen LogP contribution in [-0.4, -0.2) is 62.2 Å². The van der Waals surface area contributed by atoms with E-state index in [-0.39, 0.29) is 18.5 Å². The highest BCUT2D eigenvalue weighted by Gasteiger charge is 2.38. The second kappa shape index (κ2) is 11.7. The molecule has 1 aliphatic rings. The number of likely N-dealkylation sites (tertiary alicyclic amines) is 1. The predicted octanol–water partition coefficient (Wildman–Crippen LogP) is 6.77. The molecule has 12 heteroatoms. The van der Waals surface area contributed by atoms with Gasteiger partial charge in [-0.1, -0.05) is 42.5 Å². The molecule has 0 amide bonds. The van der Waals surface area contributed by atoms with Crippen LogP contribution in [-0.2, 0) is 11.3 Å². The first-order chi connectivity index (χ1) is 19.2. The Morgan fingerprint density at radius 1 is 0.976 bits per heavy atom. The van der Waals surface area contributed by atoms with Crippen LogP contribution in [0.3, 0.4) is 0 Å². The van der Waals surface area contributed by atoms with Crippen molar-refractivity contribution < 1.29 is 41.8 Å². The van der Waals surface area contributed by atoms with Crippen LogP contribution in [0.5, 0.6) is 0 Å². The number of hydrogen-bond donors (Lipinski definition) is 3. The van der Waals surface area contributed by atoms with Gasteiger partial charge in [0.05, 0.1) is 17.6 Å². The molecule has 41 heavy (non-hydrogen) atoms. The number of halogens is 5. The lowest BCUT2D eigenvalue weighted by Gasteiger charge is -2.32. The zero-order valence-corrected chi connectivity index (χ0v) is 21.8. The van der Waals surface area contributed by atoms with Gasteiger partial charge in [-0.3, -0.25) is 4.90 Å². The number of aromatic amines is 1. The minimum atomic E-state index is -5.08. The molecule has 2 heterocycles. The number of H-pyrrole nitrogens is 1. The zero-order valence-electron chi connectivity index (χ0n) is 21.8.